The van der Waals surface area contributed by atoms with Crippen LogP contribution in [0, 0.1) is 11.3 Å². The van der Waals surface area contributed by atoms with E-state index in [1.165, 1.54) is 19.3 Å². The summed E-state index contributed by atoms with van der Waals surface area (Å²) in [7, 11) is 0. The molecule has 0 saturated carbocycles. The summed E-state index contributed by atoms with van der Waals surface area (Å²) in [6, 6.07) is 0. The summed E-state index contributed by atoms with van der Waals surface area (Å²) in [5, 5.41) is 9.32. The molecule has 0 aromatic rings. The third kappa shape index (κ3) is 3.45. The summed E-state index contributed by atoms with van der Waals surface area (Å²) >= 11 is 0. The van der Waals surface area contributed by atoms with Gasteiger partial charge in [-0.25, -0.2) is 0 Å². The Morgan fingerprint density at radius 3 is 2.59 bits per heavy atom. The number of allylic oxidation sites excluding steroid dienone is 3. The van der Waals surface area contributed by atoms with E-state index in [-0.39, 0.29) is 11.3 Å². The highest BCUT2D eigenvalue weighted by molar-refractivity contribution is 5.74. The van der Waals surface area contributed by atoms with Gasteiger partial charge in [-0.1, -0.05) is 63.8 Å². The number of unbranched alkanes of at least 4 members (excludes halogenated alkanes) is 3. The molecule has 2 heteroatoms. The van der Waals surface area contributed by atoms with Crippen molar-refractivity contribution in [3.8, 4) is 0 Å². The molecule has 0 bridgehead atoms. The van der Waals surface area contributed by atoms with Gasteiger partial charge < -0.3 is 5.11 Å². The van der Waals surface area contributed by atoms with Gasteiger partial charge in [0.25, 0.3) is 0 Å². The lowest BCUT2D eigenvalue weighted by Crippen LogP contribution is -2.34. The normalized spacial score (nSPS) is 27.3. The van der Waals surface area contributed by atoms with E-state index < -0.39 is 5.97 Å². The van der Waals surface area contributed by atoms with Crippen molar-refractivity contribution in [2.24, 2.45) is 11.3 Å². The number of aliphatic carboxylic acids is 1. The third-order valence-corrected chi connectivity index (χ3v) is 3.88. The van der Waals surface area contributed by atoms with Gasteiger partial charge in [0.15, 0.2) is 0 Å². The molecule has 1 aliphatic carbocycles. The molecule has 0 radical (unpaired) electrons. The minimum Gasteiger partial charge on any atom is -0.481 e. The third-order valence-electron chi connectivity index (χ3n) is 3.88. The minimum atomic E-state index is -0.692. The number of carboxylic acid groups (broad SMARTS) is 1. The lowest BCUT2D eigenvalue weighted by atomic mass is 9.68. The molecule has 2 unspecified atom stereocenters. The molecule has 1 aliphatic rings. The van der Waals surface area contributed by atoms with Crippen molar-refractivity contribution < 1.29 is 9.90 Å². The molecule has 0 fully saturated rings. The van der Waals surface area contributed by atoms with Crippen molar-refractivity contribution >= 4 is 5.97 Å². The van der Waals surface area contributed by atoms with Gasteiger partial charge in [-0.2, -0.15) is 0 Å². The Kier molecular flexibility index (Phi) is 5.46. The van der Waals surface area contributed by atoms with E-state index in [9.17, 15) is 9.90 Å². The minimum absolute atomic E-state index is 0.158. The summed E-state index contributed by atoms with van der Waals surface area (Å²) in [4.78, 5) is 11.3. The standard InChI is InChI=1S/C15H24O2/c1-3-5-6-8-11-15(4-2)12-9-7-10-13(15)14(16)17/h7,9-10,12-13H,3-6,8,11H2,1-2H3,(H,16,17). The molecule has 1 rings (SSSR count). The molecule has 0 saturated heterocycles. The van der Waals surface area contributed by atoms with Gasteiger partial charge >= 0.3 is 5.97 Å². The molecule has 0 aromatic carbocycles. The van der Waals surface area contributed by atoms with Crippen molar-refractivity contribution in [1.29, 1.82) is 0 Å². The molecule has 0 aromatic heterocycles. The van der Waals surface area contributed by atoms with Crippen LogP contribution >= 0.6 is 0 Å². The van der Waals surface area contributed by atoms with Crippen LogP contribution in [0.4, 0.5) is 0 Å². The maximum Gasteiger partial charge on any atom is 0.311 e. The maximum absolute atomic E-state index is 11.3. The van der Waals surface area contributed by atoms with Gasteiger partial charge in [-0.05, 0) is 12.8 Å². The van der Waals surface area contributed by atoms with Gasteiger partial charge in [0.2, 0.25) is 0 Å². The summed E-state index contributed by atoms with van der Waals surface area (Å²) in [5.74, 6) is -1.04. The van der Waals surface area contributed by atoms with E-state index in [0.717, 1.165) is 19.3 Å². The number of rotatable bonds is 7. The molecule has 0 amide bonds. The molecule has 2 atom stereocenters. The smallest absolute Gasteiger partial charge is 0.311 e. The summed E-state index contributed by atoms with van der Waals surface area (Å²) in [5.41, 5.74) is -0.158. The lowest BCUT2D eigenvalue weighted by molar-refractivity contribution is -0.143. The van der Waals surface area contributed by atoms with Gasteiger partial charge in [-0.3, -0.25) is 4.79 Å². The lowest BCUT2D eigenvalue weighted by Gasteiger charge is -2.35. The predicted octanol–water partition coefficient (Wildman–Crippen LogP) is 4.18. The summed E-state index contributed by atoms with van der Waals surface area (Å²) < 4.78 is 0. The zero-order valence-electron chi connectivity index (χ0n) is 11.0. The Bertz CT molecular complexity index is 304. The molecular formula is C15H24O2. The Morgan fingerprint density at radius 1 is 1.24 bits per heavy atom. The predicted molar refractivity (Wildman–Crippen MR) is 70.9 cm³/mol. The summed E-state index contributed by atoms with van der Waals surface area (Å²) in [6.45, 7) is 4.29. The highest BCUT2D eigenvalue weighted by Gasteiger charge is 2.38. The highest BCUT2D eigenvalue weighted by atomic mass is 16.4. The topological polar surface area (TPSA) is 37.3 Å². The van der Waals surface area contributed by atoms with Crippen LogP contribution in [0.1, 0.15) is 52.4 Å². The molecule has 0 spiro atoms. The second-order valence-corrected chi connectivity index (χ2v) is 4.96. The first-order chi connectivity index (χ1) is 8.16. The Morgan fingerprint density at radius 2 is 2.00 bits per heavy atom. The molecule has 96 valence electrons. The van der Waals surface area contributed by atoms with E-state index in [1.54, 1.807) is 0 Å². The molecule has 1 N–H and O–H groups in total. The van der Waals surface area contributed by atoms with E-state index in [4.69, 9.17) is 0 Å². The SMILES string of the molecule is CCCCCCC1(CC)C=CC=CC1C(=O)O. The fourth-order valence-electron chi connectivity index (χ4n) is 2.68. The van der Waals surface area contributed by atoms with Crippen LogP contribution in [-0.4, -0.2) is 11.1 Å². The first kappa shape index (κ1) is 14.0. The van der Waals surface area contributed by atoms with Crippen molar-refractivity contribution in [3.63, 3.8) is 0 Å². The van der Waals surface area contributed by atoms with E-state index >= 15 is 0 Å². The van der Waals surface area contributed by atoms with Gasteiger partial charge in [0.05, 0.1) is 5.92 Å². The van der Waals surface area contributed by atoms with Crippen LogP contribution in [0.15, 0.2) is 24.3 Å². The maximum atomic E-state index is 11.3. The van der Waals surface area contributed by atoms with Gasteiger partial charge in [0.1, 0.15) is 0 Å². The van der Waals surface area contributed by atoms with E-state index in [1.807, 2.05) is 18.2 Å². The van der Waals surface area contributed by atoms with Crippen molar-refractivity contribution in [3.05, 3.63) is 24.3 Å². The van der Waals surface area contributed by atoms with Crippen LogP contribution in [-0.2, 0) is 4.79 Å². The Balaban J connectivity index is 2.67. The van der Waals surface area contributed by atoms with Crippen LogP contribution in [0.5, 0.6) is 0 Å². The molecule has 17 heavy (non-hydrogen) atoms. The fourth-order valence-corrected chi connectivity index (χ4v) is 2.68. The average molecular weight is 236 g/mol. The van der Waals surface area contributed by atoms with Gasteiger partial charge in [0, 0.05) is 5.41 Å². The Labute approximate surface area is 104 Å². The number of carbonyl (C=O) groups is 1. The molecular weight excluding hydrogens is 212 g/mol. The van der Waals surface area contributed by atoms with Crippen molar-refractivity contribution in [2.45, 2.75) is 52.4 Å². The second kappa shape index (κ2) is 6.63. The van der Waals surface area contributed by atoms with Crippen molar-refractivity contribution in [1.82, 2.24) is 0 Å². The van der Waals surface area contributed by atoms with Crippen LogP contribution < -0.4 is 0 Å². The number of hydrogen-bond donors (Lipinski definition) is 1. The van der Waals surface area contributed by atoms with E-state index in [0.29, 0.717) is 0 Å². The summed E-state index contributed by atoms with van der Waals surface area (Å²) in [6.07, 6.45) is 14.5. The van der Waals surface area contributed by atoms with Crippen LogP contribution in [0.3, 0.4) is 0 Å². The molecule has 2 nitrogen and oxygen atoms in total. The zero-order chi connectivity index (χ0) is 12.7. The van der Waals surface area contributed by atoms with Crippen LogP contribution in [0.25, 0.3) is 0 Å². The number of hydrogen-bond acceptors (Lipinski definition) is 1. The number of carboxylic acids is 1. The highest BCUT2D eigenvalue weighted by Crippen LogP contribution is 2.41. The van der Waals surface area contributed by atoms with Gasteiger partial charge in [-0.15, -0.1) is 0 Å². The monoisotopic (exact) mass is 236 g/mol. The largest absolute Gasteiger partial charge is 0.481 e. The average Bonchev–Trinajstić information content (AvgIpc) is 2.35. The molecule has 0 heterocycles. The first-order valence-corrected chi connectivity index (χ1v) is 6.75. The second-order valence-electron chi connectivity index (χ2n) is 4.96. The van der Waals surface area contributed by atoms with Crippen molar-refractivity contribution in [2.75, 3.05) is 0 Å². The Hall–Kier alpha value is -1.05. The quantitative estimate of drug-likeness (QED) is 0.673. The van der Waals surface area contributed by atoms with E-state index in [2.05, 4.69) is 19.9 Å². The van der Waals surface area contributed by atoms with Crippen LogP contribution in [0.2, 0.25) is 0 Å². The fraction of sp³-hybridized carbons (Fsp3) is 0.667. The molecule has 0 aliphatic heterocycles. The zero-order valence-corrected chi connectivity index (χ0v) is 11.0. The first-order valence-electron chi connectivity index (χ1n) is 6.75.